The highest BCUT2D eigenvalue weighted by molar-refractivity contribution is 5.91. The van der Waals surface area contributed by atoms with Gasteiger partial charge in [-0.1, -0.05) is 35.5 Å². The lowest BCUT2D eigenvalue weighted by Gasteiger charge is -2.16. The number of carbonyl (C=O) groups is 1. The van der Waals surface area contributed by atoms with Gasteiger partial charge >= 0.3 is 0 Å². The van der Waals surface area contributed by atoms with Gasteiger partial charge in [-0.3, -0.25) is 9.48 Å². The molecule has 2 aromatic rings. The lowest BCUT2D eigenvalue weighted by molar-refractivity contribution is 0.0947. The van der Waals surface area contributed by atoms with Crippen molar-refractivity contribution in [3.05, 3.63) is 47.8 Å². The highest BCUT2D eigenvalue weighted by Gasteiger charge is 2.08. The third-order valence-electron chi connectivity index (χ3n) is 3.13. The van der Waals surface area contributed by atoms with E-state index in [1.54, 1.807) is 13.2 Å². The van der Waals surface area contributed by atoms with Gasteiger partial charge in [0.2, 0.25) is 0 Å². The highest BCUT2D eigenvalue weighted by atomic mass is 16.2. The summed E-state index contributed by atoms with van der Waals surface area (Å²) >= 11 is 0. The van der Waals surface area contributed by atoms with Crippen molar-refractivity contribution in [3.8, 4) is 0 Å². The number of amides is 1. The SMILES string of the molecule is CN(CCCNC(=O)c1cn(C)nn1)Cc1ccccc1. The lowest BCUT2D eigenvalue weighted by Crippen LogP contribution is -2.28. The molecule has 0 aliphatic heterocycles. The van der Waals surface area contributed by atoms with Crippen molar-refractivity contribution in [1.82, 2.24) is 25.2 Å². The molecule has 0 aliphatic carbocycles. The number of hydrogen-bond acceptors (Lipinski definition) is 4. The summed E-state index contributed by atoms with van der Waals surface area (Å²) in [6.45, 7) is 2.48. The Labute approximate surface area is 124 Å². The molecule has 6 heteroatoms. The number of aryl methyl sites for hydroxylation is 1. The molecule has 6 nitrogen and oxygen atoms in total. The summed E-state index contributed by atoms with van der Waals surface area (Å²) in [7, 11) is 3.82. The number of rotatable bonds is 7. The predicted molar refractivity (Wildman–Crippen MR) is 80.7 cm³/mol. The van der Waals surface area contributed by atoms with Crippen LogP contribution in [0.1, 0.15) is 22.5 Å². The first-order chi connectivity index (χ1) is 10.1. The molecule has 0 aliphatic rings. The van der Waals surface area contributed by atoms with E-state index in [2.05, 4.69) is 39.7 Å². The molecule has 0 unspecified atom stereocenters. The smallest absolute Gasteiger partial charge is 0.273 e. The summed E-state index contributed by atoms with van der Waals surface area (Å²) in [5.41, 5.74) is 1.65. The molecular formula is C15H21N5O. The van der Waals surface area contributed by atoms with Crippen molar-refractivity contribution < 1.29 is 4.79 Å². The van der Waals surface area contributed by atoms with E-state index in [1.165, 1.54) is 10.2 Å². The van der Waals surface area contributed by atoms with Crippen LogP contribution in [0.2, 0.25) is 0 Å². The fourth-order valence-electron chi connectivity index (χ4n) is 2.07. The summed E-state index contributed by atoms with van der Waals surface area (Å²) < 4.78 is 1.52. The van der Waals surface area contributed by atoms with Gasteiger partial charge in [0, 0.05) is 20.1 Å². The van der Waals surface area contributed by atoms with Crippen molar-refractivity contribution in [3.63, 3.8) is 0 Å². The van der Waals surface area contributed by atoms with Crippen LogP contribution in [0.3, 0.4) is 0 Å². The molecule has 21 heavy (non-hydrogen) atoms. The minimum Gasteiger partial charge on any atom is -0.351 e. The van der Waals surface area contributed by atoms with Crippen molar-refractivity contribution in [2.45, 2.75) is 13.0 Å². The van der Waals surface area contributed by atoms with Gasteiger partial charge in [0.15, 0.2) is 5.69 Å². The zero-order chi connectivity index (χ0) is 15.1. The van der Waals surface area contributed by atoms with Crippen LogP contribution in [0.25, 0.3) is 0 Å². The van der Waals surface area contributed by atoms with E-state index in [1.807, 2.05) is 18.2 Å². The Morgan fingerprint density at radius 2 is 2.10 bits per heavy atom. The van der Waals surface area contributed by atoms with Crippen molar-refractivity contribution >= 4 is 5.91 Å². The van der Waals surface area contributed by atoms with Crippen LogP contribution in [0.5, 0.6) is 0 Å². The van der Waals surface area contributed by atoms with Gasteiger partial charge in [-0.25, -0.2) is 0 Å². The molecule has 0 radical (unpaired) electrons. The van der Waals surface area contributed by atoms with Gasteiger partial charge in [-0.15, -0.1) is 5.10 Å². The summed E-state index contributed by atoms with van der Waals surface area (Å²) in [4.78, 5) is 14.0. The van der Waals surface area contributed by atoms with Crippen molar-refractivity contribution in [2.24, 2.45) is 7.05 Å². The summed E-state index contributed by atoms with van der Waals surface area (Å²) in [5.74, 6) is -0.172. The van der Waals surface area contributed by atoms with E-state index in [4.69, 9.17) is 0 Å². The van der Waals surface area contributed by atoms with Crippen LogP contribution >= 0.6 is 0 Å². The Hall–Kier alpha value is -2.21. The average Bonchev–Trinajstić information content (AvgIpc) is 2.91. The van der Waals surface area contributed by atoms with Crippen molar-refractivity contribution in [1.29, 1.82) is 0 Å². The molecule has 0 saturated heterocycles. The quantitative estimate of drug-likeness (QED) is 0.774. The van der Waals surface area contributed by atoms with Gasteiger partial charge in [-0.2, -0.15) is 0 Å². The van der Waals surface area contributed by atoms with Crippen LogP contribution in [-0.4, -0.2) is 45.9 Å². The topological polar surface area (TPSA) is 63.1 Å². The van der Waals surface area contributed by atoms with E-state index in [-0.39, 0.29) is 5.91 Å². The molecule has 1 heterocycles. The Balaban J connectivity index is 1.64. The molecule has 0 saturated carbocycles. The van der Waals surface area contributed by atoms with Crippen molar-refractivity contribution in [2.75, 3.05) is 20.1 Å². The zero-order valence-corrected chi connectivity index (χ0v) is 12.5. The average molecular weight is 287 g/mol. The van der Waals surface area contributed by atoms with Crippen LogP contribution < -0.4 is 5.32 Å². The molecule has 2 rings (SSSR count). The zero-order valence-electron chi connectivity index (χ0n) is 12.5. The first-order valence-corrected chi connectivity index (χ1v) is 7.02. The molecule has 1 N–H and O–H groups in total. The number of aromatic nitrogens is 3. The summed E-state index contributed by atoms with van der Waals surface area (Å²) in [5, 5.41) is 10.4. The highest BCUT2D eigenvalue weighted by Crippen LogP contribution is 2.02. The Bertz CT molecular complexity index is 566. The molecule has 112 valence electrons. The van der Waals surface area contributed by atoms with Gasteiger partial charge in [0.05, 0.1) is 6.20 Å². The largest absolute Gasteiger partial charge is 0.351 e. The Morgan fingerprint density at radius 1 is 1.33 bits per heavy atom. The van der Waals surface area contributed by atoms with E-state index in [0.29, 0.717) is 12.2 Å². The predicted octanol–water partition coefficient (Wildman–Crippen LogP) is 1.07. The molecule has 0 fully saturated rings. The standard InChI is InChI=1S/C15H21N5O/c1-19(11-13-7-4-3-5-8-13)10-6-9-16-15(21)14-12-20(2)18-17-14/h3-5,7-8,12H,6,9-11H2,1-2H3,(H,16,21). The minimum atomic E-state index is -0.172. The van der Waals surface area contributed by atoms with Crippen LogP contribution in [0, 0.1) is 0 Å². The molecule has 0 atom stereocenters. The third-order valence-corrected chi connectivity index (χ3v) is 3.13. The van der Waals surface area contributed by atoms with Gasteiger partial charge in [0.1, 0.15) is 0 Å². The number of hydrogen-bond donors (Lipinski definition) is 1. The fraction of sp³-hybridized carbons (Fsp3) is 0.400. The van der Waals surface area contributed by atoms with Gasteiger partial charge in [-0.05, 0) is 25.6 Å². The number of nitrogens with zero attached hydrogens (tertiary/aromatic N) is 4. The molecule has 1 amide bonds. The van der Waals surface area contributed by atoms with Gasteiger partial charge in [0.25, 0.3) is 5.91 Å². The summed E-state index contributed by atoms with van der Waals surface area (Å²) in [6.07, 6.45) is 2.51. The molecule has 1 aromatic heterocycles. The van der Waals surface area contributed by atoms with E-state index < -0.39 is 0 Å². The number of nitrogens with one attached hydrogen (secondary N) is 1. The van der Waals surface area contributed by atoms with Crippen LogP contribution in [-0.2, 0) is 13.6 Å². The summed E-state index contributed by atoms with van der Waals surface area (Å²) in [6, 6.07) is 10.3. The first-order valence-electron chi connectivity index (χ1n) is 7.02. The van der Waals surface area contributed by atoms with Crippen LogP contribution in [0.4, 0.5) is 0 Å². The maximum Gasteiger partial charge on any atom is 0.273 e. The normalized spacial score (nSPS) is 10.8. The van der Waals surface area contributed by atoms with E-state index in [0.717, 1.165) is 19.5 Å². The third kappa shape index (κ3) is 5.00. The number of carbonyl (C=O) groups excluding carboxylic acids is 1. The van der Waals surface area contributed by atoms with Gasteiger partial charge < -0.3 is 10.2 Å². The first kappa shape index (κ1) is 15.2. The van der Waals surface area contributed by atoms with E-state index >= 15 is 0 Å². The van der Waals surface area contributed by atoms with Crippen LogP contribution in [0.15, 0.2) is 36.5 Å². The Kier molecular flexibility index (Phi) is 5.45. The molecule has 0 spiro atoms. The maximum absolute atomic E-state index is 11.8. The second-order valence-corrected chi connectivity index (χ2v) is 5.11. The molecule has 0 bridgehead atoms. The maximum atomic E-state index is 11.8. The second-order valence-electron chi connectivity index (χ2n) is 5.11. The molecular weight excluding hydrogens is 266 g/mol. The monoisotopic (exact) mass is 287 g/mol. The van der Waals surface area contributed by atoms with E-state index in [9.17, 15) is 4.79 Å². The second kappa shape index (κ2) is 7.54. The lowest BCUT2D eigenvalue weighted by atomic mass is 10.2. The fourth-order valence-corrected chi connectivity index (χ4v) is 2.07. The number of benzene rings is 1. The molecule has 1 aromatic carbocycles. The minimum absolute atomic E-state index is 0.172. The Morgan fingerprint density at radius 3 is 2.76 bits per heavy atom.